The van der Waals surface area contributed by atoms with Crippen molar-refractivity contribution in [2.24, 2.45) is 0 Å². The van der Waals surface area contributed by atoms with Crippen LogP contribution in [0.4, 0.5) is 0 Å². The molecule has 0 saturated carbocycles. The minimum atomic E-state index is -0.243. The molecule has 17 heavy (non-hydrogen) atoms. The van der Waals surface area contributed by atoms with Crippen molar-refractivity contribution in [3.05, 3.63) is 34.9 Å². The lowest BCUT2D eigenvalue weighted by molar-refractivity contribution is 0.0599. The van der Waals surface area contributed by atoms with E-state index in [2.05, 4.69) is 32.1 Å². The molecule has 1 aliphatic heterocycles. The molecule has 1 heterocycles. The first kappa shape index (κ1) is 12.2. The SMILES string of the molecule is CCc1cc2c(cc1C(=O)OC)SC(C)C=C2. The van der Waals surface area contributed by atoms with E-state index in [0.29, 0.717) is 10.8 Å². The smallest absolute Gasteiger partial charge is 0.338 e. The van der Waals surface area contributed by atoms with Gasteiger partial charge in [-0.15, -0.1) is 11.8 Å². The van der Waals surface area contributed by atoms with Crippen LogP contribution >= 0.6 is 11.8 Å². The van der Waals surface area contributed by atoms with Crippen LogP contribution in [0.3, 0.4) is 0 Å². The summed E-state index contributed by atoms with van der Waals surface area (Å²) in [6.45, 7) is 4.20. The summed E-state index contributed by atoms with van der Waals surface area (Å²) in [4.78, 5) is 12.9. The number of rotatable bonds is 2. The van der Waals surface area contributed by atoms with Crippen molar-refractivity contribution in [1.29, 1.82) is 0 Å². The summed E-state index contributed by atoms with van der Waals surface area (Å²) in [5.74, 6) is -0.243. The van der Waals surface area contributed by atoms with Crippen molar-refractivity contribution < 1.29 is 9.53 Å². The van der Waals surface area contributed by atoms with Crippen LogP contribution in [0, 0.1) is 0 Å². The highest BCUT2D eigenvalue weighted by molar-refractivity contribution is 8.00. The van der Waals surface area contributed by atoms with Crippen molar-refractivity contribution in [3.63, 3.8) is 0 Å². The van der Waals surface area contributed by atoms with Gasteiger partial charge in [-0.25, -0.2) is 4.79 Å². The van der Waals surface area contributed by atoms with Crippen LogP contribution in [0.15, 0.2) is 23.1 Å². The van der Waals surface area contributed by atoms with Crippen LogP contribution in [-0.4, -0.2) is 18.3 Å². The zero-order valence-electron chi connectivity index (χ0n) is 10.3. The molecule has 0 aliphatic carbocycles. The lowest BCUT2D eigenvalue weighted by Gasteiger charge is -2.18. The fourth-order valence-electron chi connectivity index (χ4n) is 1.95. The molecule has 3 heteroatoms. The van der Waals surface area contributed by atoms with Gasteiger partial charge < -0.3 is 4.74 Å². The average molecular weight is 248 g/mol. The van der Waals surface area contributed by atoms with Gasteiger partial charge in [0, 0.05) is 10.1 Å². The van der Waals surface area contributed by atoms with Gasteiger partial charge in [0.1, 0.15) is 0 Å². The fraction of sp³-hybridized carbons (Fsp3) is 0.357. The average Bonchev–Trinajstić information content (AvgIpc) is 2.36. The van der Waals surface area contributed by atoms with Crippen molar-refractivity contribution >= 4 is 23.8 Å². The maximum Gasteiger partial charge on any atom is 0.338 e. The van der Waals surface area contributed by atoms with Crippen LogP contribution in [0.1, 0.15) is 35.3 Å². The molecule has 1 atom stereocenters. The van der Waals surface area contributed by atoms with Crippen molar-refractivity contribution in [3.8, 4) is 0 Å². The number of methoxy groups -OCH3 is 1. The van der Waals surface area contributed by atoms with Gasteiger partial charge in [-0.1, -0.05) is 19.1 Å². The van der Waals surface area contributed by atoms with Crippen molar-refractivity contribution in [2.45, 2.75) is 30.4 Å². The number of aryl methyl sites for hydroxylation is 1. The highest BCUT2D eigenvalue weighted by Crippen LogP contribution is 2.35. The summed E-state index contributed by atoms with van der Waals surface area (Å²) in [6.07, 6.45) is 5.16. The standard InChI is InChI=1S/C14H16O2S/c1-4-10-7-11-6-5-9(2)17-13(11)8-12(10)14(15)16-3/h5-9H,4H2,1-3H3. The third-order valence-electron chi connectivity index (χ3n) is 2.88. The lowest BCUT2D eigenvalue weighted by atomic mass is 10.0. The van der Waals surface area contributed by atoms with Crippen molar-refractivity contribution in [1.82, 2.24) is 0 Å². The Morgan fingerprint density at radius 3 is 2.88 bits per heavy atom. The maximum absolute atomic E-state index is 11.7. The molecule has 0 radical (unpaired) electrons. The van der Waals surface area contributed by atoms with Gasteiger partial charge in [0.2, 0.25) is 0 Å². The van der Waals surface area contributed by atoms with E-state index in [1.807, 2.05) is 6.07 Å². The molecule has 0 spiro atoms. The lowest BCUT2D eigenvalue weighted by Crippen LogP contribution is -2.08. The molecule has 0 fully saturated rings. The van der Waals surface area contributed by atoms with Crippen LogP contribution in [0.25, 0.3) is 6.08 Å². The molecule has 0 saturated heterocycles. The second kappa shape index (κ2) is 4.96. The number of hydrogen-bond acceptors (Lipinski definition) is 3. The van der Waals surface area contributed by atoms with Crippen LogP contribution < -0.4 is 0 Å². The topological polar surface area (TPSA) is 26.3 Å². The second-order valence-electron chi connectivity index (χ2n) is 4.07. The molecule has 0 aromatic heterocycles. The normalized spacial score (nSPS) is 17.7. The number of carbonyl (C=O) groups is 1. The number of hydrogen-bond donors (Lipinski definition) is 0. The number of fused-ring (bicyclic) bond motifs is 1. The molecule has 1 aliphatic rings. The molecule has 0 amide bonds. The largest absolute Gasteiger partial charge is 0.465 e. The van der Waals surface area contributed by atoms with Gasteiger partial charge in [-0.05, 0) is 36.6 Å². The van der Waals surface area contributed by atoms with Gasteiger partial charge >= 0.3 is 5.97 Å². The third kappa shape index (κ3) is 2.39. The molecular formula is C14H16O2S. The number of carbonyl (C=O) groups excluding carboxylic acids is 1. The maximum atomic E-state index is 11.7. The van der Waals surface area contributed by atoms with Crippen LogP contribution in [-0.2, 0) is 11.2 Å². The van der Waals surface area contributed by atoms with Gasteiger partial charge in [-0.2, -0.15) is 0 Å². The predicted molar refractivity (Wildman–Crippen MR) is 71.5 cm³/mol. The van der Waals surface area contributed by atoms with Gasteiger partial charge in [0.05, 0.1) is 12.7 Å². The predicted octanol–water partition coefficient (Wildman–Crippen LogP) is 3.54. The summed E-state index contributed by atoms with van der Waals surface area (Å²) in [5.41, 5.74) is 2.96. The number of benzene rings is 1. The van der Waals surface area contributed by atoms with E-state index in [9.17, 15) is 4.79 Å². The second-order valence-corrected chi connectivity index (χ2v) is 5.49. The highest BCUT2D eigenvalue weighted by Gasteiger charge is 2.17. The molecule has 1 unspecified atom stereocenters. The summed E-state index contributed by atoms with van der Waals surface area (Å²) in [5, 5.41) is 0.459. The Hall–Kier alpha value is -1.22. The summed E-state index contributed by atoms with van der Waals surface area (Å²) in [6, 6.07) is 4.06. The Labute approximate surface area is 106 Å². The monoisotopic (exact) mass is 248 g/mol. The quantitative estimate of drug-likeness (QED) is 0.749. The van der Waals surface area contributed by atoms with Gasteiger partial charge in [0.25, 0.3) is 0 Å². The molecule has 0 N–H and O–H groups in total. The fourth-order valence-corrected chi connectivity index (χ4v) is 2.95. The molecule has 90 valence electrons. The zero-order chi connectivity index (χ0) is 12.4. The number of ether oxygens (including phenoxy) is 1. The first-order valence-corrected chi connectivity index (χ1v) is 6.63. The zero-order valence-corrected chi connectivity index (χ0v) is 11.1. The van der Waals surface area contributed by atoms with E-state index in [1.165, 1.54) is 12.7 Å². The number of thioether (sulfide) groups is 1. The van der Waals surface area contributed by atoms with E-state index < -0.39 is 0 Å². The van der Waals surface area contributed by atoms with E-state index in [0.717, 1.165) is 16.9 Å². The summed E-state index contributed by atoms with van der Waals surface area (Å²) < 4.78 is 4.83. The van der Waals surface area contributed by atoms with Gasteiger partial charge in [-0.3, -0.25) is 0 Å². The Morgan fingerprint density at radius 2 is 2.24 bits per heavy atom. The van der Waals surface area contributed by atoms with Crippen molar-refractivity contribution in [2.75, 3.05) is 7.11 Å². The van der Waals surface area contributed by atoms with Gasteiger partial charge in [0.15, 0.2) is 0 Å². The number of esters is 1. The first-order valence-electron chi connectivity index (χ1n) is 5.75. The Morgan fingerprint density at radius 1 is 1.47 bits per heavy atom. The van der Waals surface area contributed by atoms with E-state index >= 15 is 0 Å². The summed E-state index contributed by atoms with van der Waals surface area (Å²) in [7, 11) is 1.43. The van der Waals surface area contributed by atoms with E-state index in [-0.39, 0.29) is 5.97 Å². The van der Waals surface area contributed by atoms with E-state index in [4.69, 9.17) is 4.74 Å². The molecule has 2 nitrogen and oxygen atoms in total. The van der Waals surface area contributed by atoms with E-state index in [1.54, 1.807) is 11.8 Å². The Kier molecular flexibility index (Phi) is 3.57. The Bertz CT molecular complexity index is 477. The first-order chi connectivity index (χ1) is 8.15. The highest BCUT2D eigenvalue weighted by atomic mass is 32.2. The summed E-state index contributed by atoms with van der Waals surface area (Å²) >= 11 is 1.78. The Balaban J connectivity index is 2.51. The molecule has 1 aromatic carbocycles. The molecule has 0 bridgehead atoms. The van der Waals surface area contributed by atoms with Crippen LogP contribution in [0.5, 0.6) is 0 Å². The van der Waals surface area contributed by atoms with Crippen LogP contribution in [0.2, 0.25) is 0 Å². The minimum absolute atomic E-state index is 0.243. The molecule has 2 rings (SSSR count). The third-order valence-corrected chi connectivity index (χ3v) is 4.02. The molecule has 1 aromatic rings. The minimum Gasteiger partial charge on any atom is -0.465 e. The molecular weight excluding hydrogens is 232 g/mol.